The average molecular weight is 229 g/mol. The Morgan fingerprint density at radius 1 is 1.73 bits per heavy atom. The Morgan fingerprint density at radius 2 is 2.47 bits per heavy atom. The van der Waals surface area contributed by atoms with Crippen LogP contribution < -0.4 is 5.32 Å². The molecule has 1 amide bonds. The summed E-state index contributed by atoms with van der Waals surface area (Å²) < 4.78 is 0. The summed E-state index contributed by atoms with van der Waals surface area (Å²) in [5.41, 5.74) is 0.374. The zero-order valence-electron chi connectivity index (χ0n) is 8.40. The summed E-state index contributed by atoms with van der Waals surface area (Å²) in [4.78, 5) is 15.4. The molecule has 0 aromatic carbocycles. The monoisotopic (exact) mass is 228 g/mol. The van der Waals surface area contributed by atoms with Gasteiger partial charge in [-0.15, -0.1) is 0 Å². The lowest BCUT2D eigenvalue weighted by Crippen LogP contribution is -2.37. The minimum absolute atomic E-state index is 0.0784. The Kier molecular flexibility index (Phi) is 4.52. The van der Waals surface area contributed by atoms with Crippen LogP contribution in [0.3, 0.4) is 0 Å². The van der Waals surface area contributed by atoms with Gasteiger partial charge in [0, 0.05) is 12.4 Å². The largest absolute Gasteiger partial charge is 0.394 e. The molecule has 0 fully saturated rings. The van der Waals surface area contributed by atoms with Crippen LogP contribution in [0.25, 0.3) is 0 Å². The van der Waals surface area contributed by atoms with Crippen molar-refractivity contribution in [1.29, 1.82) is 0 Å². The highest BCUT2D eigenvalue weighted by atomic mass is 35.5. The van der Waals surface area contributed by atoms with Crippen LogP contribution in [-0.2, 0) is 0 Å². The van der Waals surface area contributed by atoms with E-state index in [1.54, 1.807) is 6.07 Å². The van der Waals surface area contributed by atoms with Crippen molar-refractivity contribution >= 4 is 17.5 Å². The maximum atomic E-state index is 11.7. The lowest BCUT2D eigenvalue weighted by molar-refractivity contribution is 0.0915. The van der Waals surface area contributed by atoms with E-state index in [-0.39, 0.29) is 18.6 Å². The van der Waals surface area contributed by atoms with Gasteiger partial charge in [-0.05, 0) is 12.5 Å². The summed E-state index contributed by atoms with van der Waals surface area (Å²) in [5.74, 6) is -0.289. The molecule has 1 atom stereocenters. The average Bonchev–Trinajstić information content (AvgIpc) is 2.26. The lowest BCUT2D eigenvalue weighted by atomic mass is 10.2. The van der Waals surface area contributed by atoms with Crippen molar-refractivity contribution in [2.24, 2.45) is 0 Å². The third kappa shape index (κ3) is 3.18. The number of carbonyl (C=O) groups is 1. The molecule has 1 rings (SSSR count). The van der Waals surface area contributed by atoms with Crippen LogP contribution in [0.15, 0.2) is 18.5 Å². The van der Waals surface area contributed by atoms with Crippen molar-refractivity contribution in [3.63, 3.8) is 0 Å². The molecule has 1 aromatic heterocycles. The van der Waals surface area contributed by atoms with E-state index >= 15 is 0 Å². The first-order chi connectivity index (χ1) is 7.19. The van der Waals surface area contributed by atoms with Crippen LogP contribution in [-0.4, -0.2) is 28.6 Å². The number of aliphatic hydroxyl groups is 1. The second kappa shape index (κ2) is 5.68. The van der Waals surface area contributed by atoms with Crippen molar-refractivity contribution in [2.75, 3.05) is 6.61 Å². The standard InChI is InChI=1S/C10H13ClN2O2/c1-2-7(6-14)13-10(15)8-3-4-12-5-9(8)11/h3-5,7,14H,2,6H2,1H3,(H,13,15)/t7-/m1/s1. The number of aliphatic hydroxyl groups excluding tert-OH is 1. The lowest BCUT2D eigenvalue weighted by Gasteiger charge is -2.14. The fraction of sp³-hybridized carbons (Fsp3) is 0.400. The van der Waals surface area contributed by atoms with Gasteiger partial charge in [0.25, 0.3) is 5.91 Å². The molecule has 0 unspecified atom stereocenters. The smallest absolute Gasteiger partial charge is 0.253 e. The number of halogens is 1. The molecule has 5 heteroatoms. The summed E-state index contributed by atoms with van der Waals surface area (Å²) in [6.45, 7) is 1.81. The molecule has 0 spiro atoms. The Labute approximate surface area is 93.3 Å². The van der Waals surface area contributed by atoms with E-state index in [0.717, 1.165) is 0 Å². The molecule has 0 radical (unpaired) electrons. The fourth-order valence-electron chi connectivity index (χ4n) is 1.10. The van der Waals surface area contributed by atoms with Gasteiger partial charge in [-0.2, -0.15) is 0 Å². The number of nitrogens with zero attached hydrogens (tertiary/aromatic N) is 1. The Morgan fingerprint density at radius 3 is 3.00 bits per heavy atom. The van der Waals surface area contributed by atoms with E-state index in [1.807, 2.05) is 6.92 Å². The summed E-state index contributed by atoms with van der Waals surface area (Å²) in [6.07, 6.45) is 3.59. The Bertz CT molecular complexity index is 340. The van der Waals surface area contributed by atoms with Crippen molar-refractivity contribution in [3.8, 4) is 0 Å². The first kappa shape index (κ1) is 11.9. The van der Waals surface area contributed by atoms with Gasteiger partial charge in [0.2, 0.25) is 0 Å². The third-order valence-electron chi connectivity index (χ3n) is 2.07. The summed E-state index contributed by atoms with van der Waals surface area (Å²) in [5, 5.41) is 11.9. The molecular weight excluding hydrogens is 216 g/mol. The molecule has 2 N–H and O–H groups in total. The zero-order chi connectivity index (χ0) is 11.3. The van der Waals surface area contributed by atoms with E-state index in [0.29, 0.717) is 17.0 Å². The van der Waals surface area contributed by atoms with E-state index in [2.05, 4.69) is 10.3 Å². The van der Waals surface area contributed by atoms with Gasteiger partial charge < -0.3 is 10.4 Å². The van der Waals surface area contributed by atoms with Gasteiger partial charge in [-0.1, -0.05) is 18.5 Å². The molecule has 0 saturated carbocycles. The number of hydrogen-bond donors (Lipinski definition) is 2. The second-order valence-corrected chi connectivity index (χ2v) is 3.52. The van der Waals surface area contributed by atoms with Crippen molar-refractivity contribution in [3.05, 3.63) is 29.0 Å². The molecule has 0 bridgehead atoms. The Balaban J connectivity index is 2.73. The number of aromatic nitrogens is 1. The molecular formula is C10H13ClN2O2. The van der Waals surface area contributed by atoms with E-state index in [1.165, 1.54) is 12.4 Å². The van der Waals surface area contributed by atoms with Crippen molar-refractivity contribution < 1.29 is 9.90 Å². The van der Waals surface area contributed by atoms with Gasteiger partial charge in [-0.25, -0.2) is 0 Å². The molecule has 1 heterocycles. The number of carbonyl (C=O) groups excluding carboxylic acids is 1. The second-order valence-electron chi connectivity index (χ2n) is 3.12. The predicted molar refractivity (Wildman–Crippen MR) is 57.9 cm³/mol. The Hall–Kier alpha value is -1.13. The molecule has 0 saturated heterocycles. The highest BCUT2D eigenvalue weighted by Crippen LogP contribution is 2.13. The zero-order valence-corrected chi connectivity index (χ0v) is 9.16. The molecule has 0 aliphatic carbocycles. The van der Waals surface area contributed by atoms with Crippen LogP contribution in [0.4, 0.5) is 0 Å². The van der Waals surface area contributed by atoms with Crippen LogP contribution in [0.5, 0.6) is 0 Å². The highest BCUT2D eigenvalue weighted by molar-refractivity contribution is 6.33. The first-order valence-corrected chi connectivity index (χ1v) is 5.08. The number of pyridine rings is 1. The minimum Gasteiger partial charge on any atom is -0.394 e. The van der Waals surface area contributed by atoms with Crippen LogP contribution >= 0.6 is 11.6 Å². The molecule has 82 valence electrons. The number of rotatable bonds is 4. The third-order valence-corrected chi connectivity index (χ3v) is 2.37. The minimum atomic E-state index is -0.289. The molecule has 1 aromatic rings. The van der Waals surface area contributed by atoms with E-state index in [9.17, 15) is 4.79 Å². The molecule has 4 nitrogen and oxygen atoms in total. The molecule has 15 heavy (non-hydrogen) atoms. The highest BCUT2D eigenvalue weighted by Gasteiger charge is 2.13. The van der Waals surface area contributed by atoms with Gasteiger partial charge in [-0.3, -0.25) is 9.78 Å². The van der Waals surface area contributed by atoms with Crippen molar-refractivity contribution in [2.45, 2.75) is 19.4 Å². The summed E-state index contributed by atoms with van der Waals surface area (Å²) >= 11 is 5.80. The number of amides is 1. The quantitative estimate of drug-likeness (QED) is 0.815. The van der Waals surface area contributed by atoms with Gasteiger partial charge in [0.1, 0.15) is 0 Å². The SMILES string of the molecule is CC[C@H](CO)NC(=O)c1ccncc1Cl. The predicted octanol–water partition coefficient (Wildman–Crippen LogP) is 1.24. The maximum Gasteiger partial charge on any atom is 0.253 e. The summed E-state index contributed by atoms with van der Waals surface area (Å²) in [7, 11) is 0. The van der Waals surface area contributed by atoms with E-state index in [4.69, 9.17) is 16.7 Å². The molecule has 0 aliphatic heterocycles. The topological polar surface area (TPSA) is 62.2 Å². The van der Waals surface area contributed by atoms with Crippen molar-refractivity contribution in [1.82, 2.24) is 10.3 Å². The number of nitrogens with one attached hydrogen (secondary N) is 1. The van der Waals surface area contributed by atoms with E-state index < -0.39 is 0 Å². The van der Waals surface area contributed by atoms with Gasteiger partial charge >= 0.3 is 0 Å². The normalized spacial score (nSPS) is 12.2. The summed E-state index contributed by atoms with van der Waals surface area (Å²) in [6, 6.07) is 1.31. The first-order valence-electron chi connectivity index (χ1n) is 4.70. The van der Waals surface area contributed by atoms with Gasteiger partial charge in [0.05, 0.1) is 23.2 Å². The number of hydrogen-bond acceptors (Lipinski definition) is 3. The molecule has 0 aliphatic rings. The fourth-order valence-corrected chi connectivity index (χ4v) is 1.30. The van der Waals surface area contributed by atoms with Crippen LogP contribution in [0.1, 0.15) is 23.7 Å². The van der Waals surface area contributed by atoms with Crippen LogP contribution in [0, 0.1) is 0 Å². The van der Waals surface area contributed by atoms with Crippen LogP contribution in [0.2, 0.25) is 5.02 Å². The van der Waals surface area contributed by atoms with Gasteiger partial charge in [0.15, 0.2) is 0 Å². The maximum absolute atomic E-state index is 11.7.